The van der Waals surface area contributed by atoms with Crippen LogP contribution in [0.4, 0.5) is 0 Å². The van der Waals surface area contributed by atoms with Crippen LogP contribution in [0.5, 0.6) is 0 Å². The zero-order valence-corrected chi connectivity index (χ0v) is 7.67. The van der Waals surface area contributed by atoms with Crippen LogP contribution in [0, 0.1) is 0 Å². The molecule has 1 rings (SSSR count). The minimum absolute atomic E-state index is 0.0718. The number of hydrogen-bond acceptors (Lipinski definition) is 2. The van der Waals surface area contributed by atoms with Gasteiger partial charge in [0.15, 0.2) is 0 Å². The summed E-state index contributed by atoms with van der Waals surface area (Å²) in [6.45, 7) is 2.35. The summed E-state index contributed by atoms with van der Waals surface area (Å²) in [5.74, 6) is 0. The quantitative estimate of drug-likeness (QED) is 0.449. The van der Waals surface area contributed by atoms with Crippen LogP contribution in [0.15, 0.2) is 0 Å². The highest BCUT2D eigenvalue weighted by molar-refractivity contribution is 4.50. The van der Waals surface area contributed by atoms with Gasteiger partial charge in [-0.25, -0.2) is 0 Å². The van der Waals surface area contributed by atoms with E-state index in [0.717, 1.165) is 4.48 Å². The first-order chi connectivity index (χ1) is 5.23. The fourth-order valence-electron chi connectivity index (χ4n) is 1.87. The van der Waals surface area contributed by atoms with Gasteiger partial charge in [0, 0.05) is 27.1 Å². The van der Waals surface area contributed by atoms with Crippen molar-refractivity contribution < 1.29 is 14.0 Å². The smallest absolute Gasteiger partial charge is 0.308 e. The molecule has 0 unspecified atom stereocenters. The molecule has 1 saturated heterocycles. The van der Waals surface area contributed by atoms with E-state index in [1.165, 1.54) is 25.9 Å². The summed E-state index contributed by atoms with van der Waals surface area (Å²) in [6.07, 6.45) is 2.51. The Bertz CT molecular complexity index is 117. The van der Waals surface area contributed by atoms with Crippen molar-refractivity contribution in [1.82, 2.24) is 0 Å². The van der Waals surface area contributed by atoms with E-state index in [2.05, 4.69) is 7.05 Å². The number of likely N-dealkylation sites (tertiary alicyclic amines) is 1. The average molecular weight is 160 g/mol. The minimum Gasteiger partial charge on any atom is -0.309 e. The van der Waals surface area contributed by atoms with Gasteiger partial charge >= 0.3 is 6.41 Å². The standard InChI is InChI=1S/C8H18NO2/c1-9(6-4-5-7-9)8(10-2)11-3/h8H,4-7H2,1-3H3/q+1. The number of hydrogen-bond donors (Lipinski definition) is 0. The summed E-state index contributed by atoms with van der Waals surface area (Å²) in [6, 6.07) is 0. The molecule has 1 aliphatic heterocycles. The third-order valence-electron chi connectivity index (χ3n) is 2.50. The molecule has 0 radical (unpaired) electrons. The predicted molar refractivity (Wildman–Crippen MR) is 43.0 cm³/mol. The van der Waals surface area contributed by atoms with Gasteiger partial charge in [0.1, 0.15) is 0 Å². The summed E-state index contributed by atoms with van der Waals surface area (Å²) >= 11 is 0. The van der Waals surface area contributed by atoms with Crippen molar-refractivity contribution >= 4 is 0 Å². The van der Waals surface area contributed by atoms with Gasteiger partial charge in [0.25, 0.3) is 0 Å². The number of rotatable bonds is 3. The van der Waals surface area contributed by atoms with Crippen LogP contribution in [-0.4, -0.2) is 45.3 Å². The second kappa shape index (κ2) is 3.52. The number of ether oxygens (including phenoxy) is 2. The van der Waals surface area contributed by atoms with Gasteiger partial charge in [-0.15, -0.1) is 0 Å². The molecular weight excluding hydrogens is 142 g/mol. The largest absolute Gasteiger partial charge is 0.309 e. The molecule has 0 bridgehead atoms. The average Bonchev–Trinajstić information content (AvgIpc) is 2.39. The normalized spacial score (nSPS) is 22.9. The fraction of sp³-hybridized carbons (Fsp3) is 1.00. The van der Waals surface area contributed by atoms with E-state index in [-0.39, 0.29) is 6.41 Å². The van der Waals surface area contributed by atoms with Crippen LogP contribution in [0.1, 0.15) is 12.8 Å². The van der Waals surface area contributed by atoms with Crippen molar-refractivity contribution in [2.24, 2.45) is 0 Å². The second-order valence-electron chi connectivity index (χ2n) is 3.41. The number of quaternary nitrogens is 1. The van der Waals surface area contributed by atoms with Crippen LogP contribution in [0.25, 0.3) is 0 Å². The van der Waals surface area contributed by atoms with Gasteiger partial charge in [0.2, 0.25) is 0 Å². The van der Waals surface area contributed by atoms with Crippen LogP contribution in [0.3, 0.4) is 0 Å². The Morgan fingerprint density at radius 3 is 1.91 bits per heavy atom. The van der Waals surface area contributed by atoms with Crippen LogP contribution in [-0.2, 0) is 9.47 Å². The summed E-state index contributed by atoms with van der Waals surface area (Å²) in [4.78, 5) is 0. The zero-order chi connectivity index (χ0) is 8.32. The predicted octanol–water partition coefficient (Wildman–Crippen LogP) is 0.803. The van der Waals surface area contributed by atoms with E-state index < -0.39 is 0 Å². The molecule has 0 amide bonds. The topological polar surface area (TPSA) is 18.5 Å². The Hall–Kier alpha value is -0.120. The van der Waals surface area contributed by atoms with E-state index in [0.29, 0.717) is 0 Å². The van der Waals surface area contributed by atoms with Crippen LogP contribution >= 0.6 is 0 Å². The van der Waals surface area contributed by atoms with Gasteiger partial charge in [-0.2, -0.15) is 0 Å². The number of methoxy groups -OCH3 is 2. The maximum Gasteiger partial charge on any atom is 0.308 e. The third kappa shape index (κ3) is 1.72. The van der Waals surface area contributed by atoms with Crippen molar-refractivity contribution in [2.75, 3.05) is 34.4 Å². The molecule has 0 saturated carbocycles. The molecule has 0 spiro atoms. The Morgan fingerprint density at radius 2 is 1.55 bits per heavy atom. The lowest BCUT2D eigenvalue weighted by Crippen LogP contribution is -2.51. The first-order valence-electron chi connectivity index (χ1n) is 4.13. The van der Waals surface area contributed by atoms with E-state index >= 15 is 0 Å². The van der Waals surface area contributed by atoms with Gasteiger partial charge in [-0.05, 0) is 0 Å². The fourth-order valence-corrected chi connectivity index (χ4v) is 1.87. The molecule has 1 fully saturated rings. The van der Waals surface area contributed by atoms with E-state index in [1.54, 1.807) is 14.2 Å². The molecule has 11 heavy (non-hydrogen) atoms. The van der Waals surface area contributed by atoms with Crippen LogP contribution < -0.4 is 0 Å². The van der Waals surface area contributed by atoms with E-state index in [1.807, 2.05) is 0 Å². The zero-order valence-electron chi connectivity index (χ0n) is 7.67. The van der Waals surface area contributed by atoms with Gasteiger partial charge < -0.3 is 9.47 Å². The van der Waals surface area contributed by atoms with Crippen molar-refractivity contribution in [3.63, 3.8) is 0 Å². The molecule has 3 nitrogen and oxygen atoms in total. The Labute approximate surface area is 68.5 Å². The highest BCUT2D eigenvalue weighted by atomic mass is 16.7. The lowest BCUT2D eigenvalue weighted by molar-refractivity contribution is -0.967. The minimum atomic E-state index is -0.0718. The van der Waals surface area contributed by atoms with Gasteiger partial charge in [-0.3, -0.25) is 4.48 Å². The Balaban J connectivity index is 2.53. The molecule has 0 aliphatic carbocycles. The molecular formula is C8H18NO2+. The number of nitrogens with zero attached hydrogens (tertiary/aromatic N) is 1. The van der Waals surface area contributed by atoms with Crippen molar-refractivity contribution in [3.8, 4) is 0 Å². The van der Waals surface area contributed by atoms with Crippen molar-refractivity contribution in [2.45, 2.75) is 19.3 Å². The Morgan fingerprint density at radius 1 is 1.09 bits per heavy atom. The first-order valence-corrected chi connectivity index (χ1v) is 4.13. The van der Waals surface area contributed by atoms with Crippen LogP contribution in [0.2, 0.25) is 0 Å². The first kappa shape index (κ1) is 8.97. The van der Waals surface area contributed by atoms with E-state index in [9.17, 15) is 0 Å². The molecule has 0 aromatic carbocycles. The molecule has 66 valence electrons. The lowest BCUT2D eigenvalue weighted by Gasteiger charge is -2.34. The summed E-state index contributed by atoms with van der Waals surface area (Å²) in [5, 5.41) is 0. The maximum absolute atomic E-state index is 5.24. The summed E-state index contributed by atoms with van der Waals surface area (Å²) in [7, 11) is 5.59. The highest BCUT2D eigenvalue weighted by Crippen LogP contribution is 2.21. The monoisotopic (exact) mass is 160 g/mol. The molecule has 1 heterocycles. The van der Waals surface area contributed by atoms with Gasteiger partial charge in [0.05, 0.1) is 20.1 Å². The van der Waals surface area contributed by atoms with E-state index in [4.69, 9.17) is 9.47 Å². The van der Waals surface area contributed by atoms with Gasteiger partial charge in [-0.1, -0.05) is 0 Å². The molecule has 0 aromatic heterocycles. The summed E-state index contributed by atoms with van der Waals surface area (Å²) in [5.41, 5.74) is 0. The maximum atomic E-state index is 5.24. The molecule has 0 atom stereocenters. The van der Waals surface area contributed by atoms with Crippen molar-refractivity contribution in [3.05, 3.63) is 0 Å². The molecule has 0 aromatic rings. The molecule has 3 heteroatoms. The van der Waals surface area contributed by atoms with Crippen molar-refractivity contribution in [1.29, 1.82) is 0 Å². The highest BCUT2D eigenvalue weighted by Gasteiger charge is 2.36. The SMILES string of the molecule is COC(OC)[N+]1(C)CCCC1. The lowest BCUT2D eigenvalue weighted by atomic mass is 10.4. The Kier molecular flexibility index (Phi) is 2.87. The summed E-state index contributed by atoms with van der Waals surface area (Å²) < 4.78 is 11.4. The molecule has 1 aliphatic rings. The second-order valence-corrected chi connectivity index (χ2v) is 3.41. The third-order valence-corrected chi connectivity index (χ3v) is 2.50. The molecule has 0 N–H and O–H groups in total.